The molecule has 0 saturated carbocycles. The molecule has 0 aromatic carbocycles. The number of anilines is 1. The van der Waals surface area contributed by atoms with Crippen LogP contribution in [0.1, 0.15) is 6.42 Å². The van der Waals surface area contributed by atoms with E-state index in [9.17, 15) is 0 Å². The van der Waals surface area contributed by atoms with Gasteiger partial charge in [0.1, 0.15) is 17.0 Å². The quantitative estimate of drug-likeness (QED) is 0.802. The molecule has 0 radical (unpaired) electrons. The van der Waals surface area contributed by atoms with E-state index in [0.717, 1.165) is 30.3 Å². The molecule has 2 atom stereocenters. The van der Waals surface area contributed by atoms with E-state index in [0.29, 0.717) is 12.0 Å². The maximum atomic E-state index is 4.50. The number of fused-ring (bicyclic) bond motifs is 2. The Morgan fingerprint density at radius 2 is 2.39 bits per heavy atom. The second-order valence-electron chi connectivity index (χ2n) is 4.96. The van der Waals surface area contributed by atoms with Gasteiger partial charge in [0, 0.05) is 31.6 Å². The molecule has 4 rings (SSSR count). The van der Waals surface area contributed by atoms with E-state index in [1.54, 1.807) is 17.7 Å². The van der Waals surface area contributed by atoms with Crippen LogP contribution in [0.4, 0.5) is 5.82 Å². The molecule has 2 saturated heterocycles. The van der Waals surface area contributed by atoms with E-state index >= 15 is 0 Å². The van der Waals surface area contributed by atoms with Gasteiger partial charge in [-0.1, -0.05) is 0 Å². The molecule has 2 aliphatic heterocycles. The number of hydrogen-bond acceptors (Lipinski definition) is 6. The predicted octanol–water partition coefficient (Wildman–Crippen LogP) is 0.994. The van der Waals surface area contributed by atoms with Gasteiger partial charge in [-0.3, -0.25) is 10.9 Å². The third kappa shape index (κ3) is 1.60. The summed E-state index contributed by atoms with van der Waals surface area (Å²) in [7, 11) is 0. The number of rotatable bonds is 1. The standard InChI is InChI=1S/C12H15N5S/c1-3-17(6-8-5-15-16-10(1)8)11-9-2-4-18-12(9)14-7-13-11/h2,4,7-8,10,15-16H,1,3,5-6H2. The summed E-state index contributed by atoms with van der Waals surface area (Å²) in [5, 5.41) is 3.29. The Morgan fingerprint density at radius 1 is 1.39 bits per heavy atom. The molecule has 2 unspecified atom stereocenters. The lowest BCUT2D eigenvalue weighted by Crippen LogP contribution is -2.45. The van der Waals surface area contributed by atoms with Crippen LogP contribution in [0.5, 0.6) is 0 Å². The molecule has 2 fully saturated rings. The van der Waals surface area contributed by atoms with Gasteiger partial charge in [0.2, 0.25) is 0 Å². The van der Waals surface area contributed by atoms with Crippen molar-refractivity contribution in [2.24, 2.45) is 5.92 Å². The van der Waals surface area contributed by atoms with Gasteiger partial charge in [-0.15, -0.1) is 11.3 Å². The lowest BCUT2D eigenvalue weighted by Gasteiger charge is -2.35. The summed E-state index contributed by atoms with van der Waals surface area (Å²) in [6, 6.07) is 2.76. The van der Waals surface area contributed by atoms with E-state index < -0.39 is 0 Å². The van der Waals surface area contributed by atoms with Crippen molar-refractivity contribution in [1.82, 2.24) is 20.8 Å². The zero-order valence-electron chi connectivity index (χ0n) is 9.97. The molecule has 0 bridgehead atoms. The van der Waals surface area contributed by atoms with Crippen LogP contribution >= 0.6 is 11.3 Å². The molecule has 2 aromatic rings. The summed E-state index contributed by atoms with van der Waals surface area (Å²) in [6.45, 7) is 3.20. The monoisotopic (exact) mass is 261 g/mol. The Balaban J connectivity index is 1.68. The highest BCUT2D eigenvalue weighted by atomic mass is 32.1. The Hall–Kier alpha value is -1.24. The smallest absolute Gasteiger partial charge is 0.140 e. The lowest BCUT2D eigenvalue weighted by atomic mass is 9.94. The average molecular weight is 261 g/mol. The lowest BCUT2D eigenvalue weighted by molar-refractivity contribution is 0.383. The van der Waals surface area contributed by atoms with Crippen LogP contribution in [0.3, 0.4) is 0 Å². The summed E-state index contributed by atoms with van der Waals surface area (Å²) in [6.07, 6.45) is 2.86. The molecule has 0 aliphatic carbocycles. The summed E-state index contributed by atoms with van der Waals surface area (Å²) < 4.78 is 0. The molecule has 4 heterocycles. The van der Waals surface area contributed by atoms with Crippen LogP contribution in [-0.2, 0) is 0 Å². The zero-order chi connectivity index (χ0) is 11.9. The van der Waals surface area contributed by atoms with E-state index in [-0.39, 0.29) is 0 Å². The fraction of sp³-hybridized carbons (Fsp3) is 0.500. The van der Waals surface area contributed by atoms with Gasteiger partial charge >= 0.3 is 0 Å². The molecule has 5 nitrogen and oxygen atoms in total. The number of nitrogens with zero attached hydrogens (tertiary/aromatic N) is 3. The van der Waals surface area contributed by atoms with Crippen molar-refractivity contribution in [1.29, 1.82) is 0 Å². The number of thiophene rings is 1. The van der Waals surface area contributed by atoms with Crippen LogP contribution in [0.25, 0.3) is 10.2 Å². The number of piperidine rings is 1. The van der Waals surface area contributed by atoms with Gasteiger partial charge in [-0.2, -0.15) is 0 Å². The van der Waals surface area contributed by atoms with Crippen LogP contribution in [0.15, 0.2) is 17.8 Å². The maximum absolute atomic E-state index is 4.50. The van der Waals surface area contributed by atoms with Crippen LogP contribution < -0.4 is 15.8 Å². The van der Waals surface area contributed by atoms with E-state index in [4.69, 9.17) is 0 Å². The van der Waals surface area contributed by atoms with Gasteiger partial charge in [-0.25, -0.2) is 9.97 Å². The number of aromatic nitrogens is 2. The fourth-order valence-electron chi connectivity index (χ4n) is 2.97. The normalized spacial score (nSPS) is 27.7. The second kappa shape index (κ2) is 4.15. The first-order valence-electron chi connectivity index (χ1n) is 6.33. The third-order valence-electron chi connectivity index (χ3n) is 3.93. The molecule has 18 heavy (non-hydrogen) atoms. The second-order valence-corrected chi connectivity index (χ2v) is 5.86. The molecule has 94 valence electrons. The molecule has 6 heteroatoms. The molecular formula is C12H15N5S. The molecule has 2 aromatic heterocycles. The third-order valence-corrected chi connectivity index (χ3v) is 4.75. The van der Waals surface area contributed by atoms with E-state index in [1.165, 1.54) is 11.8 Å². The minimum absolute atomic E-state index is 0.626. The van der Waals surface area contributed by atoms with Crippen molar-refractivity contribution >= 4 is 27.4 Å². The van der Waals surface area contributed by atoms with Crippen molar-refractivity contribution in [2.75, 3.05) is 24.5 Å². The van der Waals surface area contributed by atoms with Crippen molar-refractivity contribution in [3.8, 4) is 0 Å². The Labute approximate surface area is 109 Å². The number of nitrogens with one attached hydrogen (secondary N) is 2. The molecule has 2 N–H and O–H groups in total. The summed E-state index contributed by atoms with van der Waals surface area (Å²) >= 11 is 1.68. The summed E-state index contributed by atoms with van der Waals surface area (Å²) in [5.74, 6) is 1.79. The first-order chi connectivity index (χ1) is 8.92. The van der Waals surface area contributed by atoms with E-state index in [1.807, 2.05) is 0 Å². The topological polar surface area (TPSA) is 53.1 Å². The van der Waals surface area contributed by atoms with Crippen LogP contribution in [-0.4, -0.2) is 35.6 Å². The minimum Gasteiger partial charge on any atom is -0.356 e. The molecular weight excluding hydrogens is 246 g/mol. The van der Waals surface area contributed by atoms with Crippen LogP contribution in [0.2, 0.25) is 0 Å². The molecule has 0 amide bonds. The van der Waals surface area contributed by atoms with Gasteiger partial charge in [-0.05, 0) is 17.9 Å². The molecule has 0 spiro atoms. The predicted molar refractivity (Wildman–Crippen MR) is 72.7 cm³/mol. The number of hydrogen-bond donors (Lipinski definition) is 2. The summed E-state index contributed by atoms with van der Waals surface area (Å²) in [4.78, 5) is 12.3. The highest BCUT2D eigenvalue weighted by Crippen LogP contribution is 2.30. The van der Waals surface area contributed by atoms with Crippen molar-refractivity contribution in [2.45, 2.75) is 12.5 Å². The minimum atomic E-state index is 0.626. The van der Waals surface area contributed by atoms with Crippen molar-refractivity contribution in [3.63, 3.8) is 0 Å². The highest BCUT2D eigenvalue weighted by Gasteiger charge is 2.33. The van der Waals surface area contributed by atoms with Crippen LogP contribution in [0, 0.1) is 5.92 Å². The van der Waals surface area contributed by atoms with Gasteiger partial charge in [0.25, 0.3) is 0 Å². The Bertz CT molecular complexity index is 568. The maximum Gasteiger partial charge on any atom is 0.140 e. The molecule has 2 aliphatic rings. The van der Waals surface area contributed by atoms with Gasteiger partial charge in [0.15, 0.2) is 0 Å². The van der Waals surface area contributed by atoms with Gasteiger partial charge in [0.05, 0.1) is 5.39 Å². The largest absolute Gasteiger partial charge is 0.356 e. The van der Waals surface area contributed by atoms with Gasteiger partial charge < -0.3 is 4.90 Å². The Morgan fingerprint density at radius 3 is 3.39 bits per heavy atom. The first-order valence-corrected chi connectivity index (χ1v) is 7.21. The zero-order valence-corrected chi connectivity index (χ0v) is 10.8. The van der Waals surface area contributed by atoms with Crippen molar-refractivity contribution < 1.29 is 0 Å². The van der Waals surface area contributed by atoms with Crippen molar-refractivity contribution in [3.05, 3.63) is 17.8 Å². The Kier molecular flexibility index (Phi) is 2.46. The highest BCUT2D eigenvalue weighted by molar-refractivity contribution is 7.16. The number of hydrazine groups is 1. The van der Waals surface area contributed by atoms with E-state index in [2.05, 4.69) is 37.2 Å². The summed E-state index contributed by atoms with van der Waals surface area (Å²) in [5.41, 5.74) is 6.62. The first kappa shape index (κ1) is 10.7. The average Bonchev–Trinajstić information content (AvgIpc) is 3.05. The SMILES string of the molecule is c1nc(N2CCC3NNCC3C2)c2ccsc2n1. The fourth-order valence-corrected chi connectivity index (χ4v) is 3.70.